The van der Waals surface area contributed by atoms with Gasteiger partial charge in [0, 0.05) is 18.0 Å². The van der Waals surface area contributed by atoms with Crippen LogP contribution in [0.3, 0.4) is 0 Å². The molecule has 0 N–H and O–H groups in total. The van der Waals surface area contributed by atoms with Crippen molar-refractivity contribution in [1.82, 2.24) is 14.5 Å². The molecule has 5 nitrogen and oxygen atoms in total. The highest BCUT2D eigenvalue weighted by atomic mass is 16.5. The first kappa shape index (κ1) is 17.9. The van der Waals surface area contributed by atoms with Gasteiger partial charge in [0.1, 0.15) is 5.82 Å². The van der Waals surface area contributed by atoms with Crippen molar-refractivity contribution in [2.24, 2.45) is 0 Å². The van der Waals surface area contributed by atoms with Crippen LogP contribution in [0, 0.1) is 6.92 Å². The SMILES string of the molecule is CCOC(=O)c1c(C)nc(-c2cccnc2)n1Cc1cccc2ccccc12. The molecule has 0 saturated carbocycles. The highest BCUT2D eigenvalue weighted by molar-refractivity contribution is 5.90. The van der Waals surface area contributed by atoms with Crippen LogP contribution in [0.4, 0.5) is 0 Å². The van der Waals surface area contributed by atoms with Gasteiger partial charge in [-0.2, -0.15) is 0 Å². The first-order valence-corrected chi connectivity index (χ1v) is 9.30. The summed E-state index contributed by atoms with van der Waals surface area (Å²) in [5.41, 5.74) is 3.11. The molecule has 0 atom stereocenters. The molecule has 0 saturated heterocycles. The van der Waals surface area contributed by atoms with Gasteiger partial charge in [-0.3, -0.25) is 4.98 Å². The zero-order valence-corrected chi connectivity index (χ0v) is 15.9. The molecule has 2 aromatic carbocycles. The second kappa shape index (κ2) is 7.64. The second-order valence-corrected chi connectivity index (χ2v) is 6.56. The molecule has 0 aliphatic carbocycles. The van der Waals surface area contributed by atoms with Gasteiger partial charge in [-0.1, -0.05) is 42.5 Å². The molecule has 0 fully saturated rings. The predicted octanol–water partition coefficient (Wildman–Crippen LogP) is 4.63. The number of carbonyl (C=O) groups is 1. The maximum Gasteiger partial charge on any atom is 0.356 e. The van der Waals surface area contributed by atoms with E-state index in [1.165, 1.54) is 0 Å². The number of hydrogen-bond acceptors (Lipinski definition) is 4. The first-order chi connectivity index (χ1) is 13.7. The van der Waals surface area contributed by atoms with Crippen LogP contribution < -0.4 is 0 Å². The fraction of sp³-hybridized carbons (Fsp3) is 0.174. The number of carbonyl (C=O) groups excluding carboxylic acids is 1. The van der Waals surface area contributed by atoms with E-state index >= 15 is 0 Å². The van der Waals surface area contributed by atoms with E-state index in [0.717, 1.165) is 21.9 Å². The summed E-state index contributed by atoms with van der Waals surface area (Å²) < 4.78 is 7.25. The lowest BCUT2D eigenvalue weighted by Gasteiger charge is -2.14. The molecule has 28 heavy (non-hydrogen) atoms. The number of esters is 1. The number of hydrogen-bond donors (Lipinski definition) is 0. The third-order valence-corrected chi connectivity index (χ3v) is 4.74. The summed E-state index contributed by atoms with van der Waals surface area (Å²) in [6.45, 7) is 4.48. The Bertz CT molecular complexity index is 1130. The minimum atomic E-state index is -0.358. The van der Waals surface area contributed by atoms with E-state index in [1.54, 1.807) is 19.3 Å². The maximum atomic E-state index is 12.7. The summed E-state index contributed by atoms with van der Waals surface area (Å²) in [5.74, 6) is 0.351. The molecule has 2 heterocycles. The predicted molar refractivity (Wildman–Crippen MR) is 109 cm³/mol. The average molecular weight is 371 g/mol. The van der Waals surface area contributed by atoms with Crippen molar-refractivity contribution in [2.45, 2.75) is 20.4 Å². The van der Waals surface area contributed by atoms with Gasteiger partial charge in [0.2, 0.25) is 0 Å². The van der Waals surface area contributed by atoms with Crippen molar-refractivity contribution in [3.63, 3.8) is 0 Å². The van der Waals surface area contributed by atoms with Crippen LogP contribution in [0.1, 0.15) is 28.7 Å². The van der Waals surface area contributed by atoms with Crippen LogP contribution in [-0.2, 0) is 11.3 Å². The van der Waals surface area contributed by atoms with Gasteiger partial charge in [0.15, 0.2) is 5.69 Å². The van der Waals surface area contributed by atoms with Crippen molar-refractivity contribution in [3.05, 3.63) is 83.9 Å². The average Bonchev–Trinajstić information content (AvgIpc) is 3.05. The molecular weight excluding hydrogens is 350 g/mol. The smallest absolute Gasteiger partial charge is 0.356 e. The normalized spacial score (nSPS) is 10.9. The van der Waals surface area contributed by atoms with Crippen LogP contribution in [-0.4, -0.2) is 27.1 Å². The fourth-order valence-corrected chi connectivity index (χ4v) is 3.50. The van der Waals surface area contributed by atoms with Gasteiger partial charge < -0.3 is 9.30 Å². The van der Waals surface area contributed by atoms with Crippen molar-refractivity contribution in [1.29, 1.82) is 0 Å². The number of imidazole rings is 1. The molecule has 0 spiro atoms. The Balaban J connectivity index is 1.89. The Morgan fingerprint density at radius 3 is 2.68 bits per heavy atom. The lowest BCUT2D eigenvalue weighted by atomic mass is 10.0. The topological polar surface area (TPSA) is 57.0 Å². The Morgan fingerprint density at radius 1 is 1.07 bits per heavy atom. The highest BCUT2D eigenvalue weighted by Gasteiger charge is 2.23. The van der Waals surface area contributed by atoms with Crippen LogP contribution in [0.2, 0.25) is 0 Å². The molecule has 140 valence electrons. The van der Waals surface area contributed by atoms with E-state index in [4.69, 9.17) is 4.74 Å². The number of fused-ring (bicyclic) bond motifs is 1. The first-order valence-electron chi connectivity index (χ1n) is 9.30. The Labute approximate surface area is 163 Å². The van der Waals surface area contributed by atoms with Crippen LogP contribution >= 0.6 is 0 Å². The molecule has 0 amide bonds. The largest absolute Gasteiger partial charge is 0.461 e. The number of aryl methyl sites for hydroxylation is 1. The minimum absolute atomic E-state index is 0.319. The van der Waals surface area contributed by atoms with E-state index in [0.29, 0.717) is 30.4 Å². The zero-order valence-electron chi connectivity index (χ0n) is 15.9. The van der Waals surface area contributed by atoms with Gasteiger partial charge >= 0.3 is 5.97 Å². The number of pyridine rings is 1. The molecular formula is C23H21N3O2. The summed E-state index contributed by atoms with van der Waals surface area (Å²) in [4.78, 5) is 21.6. The Morgan fingerprint density at radius 2 is 1.89 bits per heavy atom. The van der Waals surface area contributed by atoms with Gasteiger partial charge in [-0.15, -0.1) is 0 Å². The maximum absolute atomic E-state index is 12.7. The van der Waals surface area contributed by atoms with Crippen molar-refractivity contribution in [2.75, 3.05) is 6.61 Å². The molecule has 0 radical (unpaired) electrons. The molecule has 0 aliphatic rings. The third-order valence-electron chi connectivity index (χ3n) is 4.74. The van der Waals surface area contributed by atoms with Crippen molar-refractivity contribution in [3.8, 4) is 11.4 Å². The highest BCUT2D eigenvalue weighted by Crippen LogP contribution is 2.26. The number of ether oxygens (including phenoxy) is 1. The number of rotatable bonds is 5. The van der Waals surface area contributed by atoms with Crippen molar-refractivity contribution >= 4 is 16.7 Å². The van der Waals surface area contributed by atoms with Crippen LogP contribution in [0.25, 0.3) is 22.2 Å². The van der Waals surface area contributed by atoms with Crippen LogP contribution in [0.15, 0.2) is 67.0 Å². The number of aromatic nitrogens is 3. The number of nitrogens with zero attached hydrogens (tertiary/aromatic N) is 3. The van der Waals surface area contributed by atoms with E-state index < -0.39 is 0 Å². The van der Waals surface area contributed by atoms with E-state index in [2.05, 4.69) is 34.2 Å². The van der Waals surface area contributed by atoms with Crippen LogP contribution in [0.5, 0.6) is 0 Å². The Kier molecular flexibility index (Phi) is 4.89. The molecule has 0 bridgehead atoms. The van der Waals surface area contributed by atoms with Gasteiger partial charge in [-0.05, 0) is 42.3 Å². The molecule has 0 aliphatic heterocycles. The number of benzene rings is 2. The zero-order chi connectivity index (χ0) is 19.5. The minimum Gasteiger partial charge on any atom is -0.461 e. The fourth-order valence-electron chi connectivity index (χ4n) is 3.50. The van der Waals surface area contributed by atoms with Crippen molar-refractivity contribution < 1.29 is 9.53 Å². The standard InChI is InChI=1S/C23H21N3O2/c1-3-28-23(27)21-16(2)25-22(18-11-7-13-24-14-18)26(21)15-19-10-6-9-17-8-4-5-12-20(17)19/h4-14H,3,15H2,1-2H3. The van der Waals surface area contributed by atoms with E-state index in [1.807, 2.05) is 41.8 Å². The van der Waals surface area contributed by atoms with E-state index in [9.17, 15) is 4.79 Å². The summed E-state index contributed by atoms with van der Waals surface area (Å²) in [6, 6.07) is 18.3. The summed E-state index contributed by atoms with van der Waals surface area (Å²) in [7, 11) is 0. The molecule has 0 unspecified atom stereocenters. The third kappa shape index (κ3) is 3.27. The quantitative estimate of drug-likeness (QED) is 0.480. The lowest BCUT2D eigenvalue weighted by molar-refractivity contribution is 0.0513. The molecule has 4 aromatic rings. The second-order valence-electron chi connectivity index (χ2n) is 6.56. The molecule has 5 heteroatoms. The molecule has 2 aromatic heterocycles. The van der Waals surface area contributed by atoms with Gasteiger partial charge in [0.05, 0.1) is 18.8 Å². The van der Waals surface area contributed by atoms with Gasteiger partial charge in [0.25, 0.3) is 0 Å². The summed E-state index contributed by atoms with van der Waals surface area (Å²) in [6.07, 6.45) is 3.48. The Hall–Kier alpha value is -3.47. The summed E-state index contributed by atoms with van der Waals surface area (Å²) in [5, 5.41) is 2.32. The monoisotopic (exact) mass is 371 g/mol. The van der Waals surface area contributed by atoms with E-state index in [-0.39, 0.29) is 5.97 Å². The lowest BCUT2D eigenvalue weighted by Crippen LogP contribution is -2.15. The van der Waals surface area contributed by atoms with Gasteiger partial charge in [-0.25, -0.2) is 9.78 Å². The molecule has 4 rings (SSSR count). The summed E-state index contributed by atoms with van der Waals surface area (Å²) >= 11 is 0.